The highest BCUT2D eigenvalue weighted by Gasteiger charge is 2.09. The Labute approximate surface area is 203 Å². The van der Waals surface area contributed by atoms with Gasteiger partial charge in [-0.05, 0) is 87.5 Å². The summed E-state index contributed by atoms with van der Waals surface area (Å²) in [5.41, 5.74) is 10.8. The molecule has 1 heterocycles. The third-order valence-electron chi connectivity index (χ3n) is 4.35. The quantitative estimate of drug-likeness (QED) is 0.206. The Hall–Kier alpha value is -3.70. The van der Waals surface area contributed by atoms with Gasteiger partial charge in [0.05, 0.1) is 0 Å². The number of nitrogens with zero attached hydrogens (tertiary/aromatic N) is 4. The van der Waals surface area contributed by atoms with Crippen LogP contribution in [0.2, 0.25) is 0 Å². The zero-order valence-electron chi connectivity index (χ0n) is 18.7. The topological polar surface area (TPSA) is 114 Å². The van der Waals surface area contributed by atoms with Crippen molar-refractivity contribution in [2.75, 3.05) is 10.6 Å². The van der Waals surface area contributed by atoms with Gasteiger partial charge >= 0.3 is 0 Å². The molecule has 0 amide bonds. The molecule has 0 atom stereocenters. The van der Waals surface area contributed by atoms with Crippen molar-refractivity contribution in [1.82, 2.24) is 26.0 Å². The highest BCUT2D eigenvalue weighted by atomic mass is 32.1. The van der Waals surface area contributed by atoms with E-state index in [1.165, 1.54) is 0 Å². The summed E-state index contributed by atoms with van der Waals surface area (Å²) in [6.45, 7) is 7.60. The van der Waals surface area contributed by atoms with Gasteiger partial charge in [-0.1, -0.05) is 24.3 Å². The van der Waals surface area contributed by atoms with Gasteiger partial charge in [-0.15, -0.1) is 0 Å². The van der Waals surface area contributed by atoms with Crippen LogP contribution in [0.4, 0.5) is 11.4 Å². The van der Waals surface area contributed by atoms with Crippen molar-refractivity contribution < 1.29 is 0 Å². The Morgan fingerprint density at radius 3 is 1.85 bits per heavy atom. The fourth-order valence-corrected chi connectivity index (χ4v) is 3.05. The molecule has 0 saturated heterocycles. The molecule has 0 spiro atoms. The number of hydrogen-bond donors (Lipinski definition) is 5. The monoisotopic (exact) mass is 479 g/mol. The molecule has 0 unspecified atom stereocenters. The first-order valence-corrected chi connectivity index (χ1v) is 10.9. The van der Waals surface area contributed by atoms with Crippen LogP contribution < -0.4 is 21.5 Å². The molecule has 0 radical (unpaired) electrons. The van der Waals surface area contributed by atoms with E-state index in [1.807, 2.05) is 62.4 Å². The minimum atomic E-state index is 0.368. The van der Waals surface area contributed by atoms with E-state index in [4.69, 9.17) is 24.4 Å². The molecule has 0 aliphatic rings. The molecule has 0 aliphatic heterocycles. The summed E-state index contributed by atoms with van der Waals surface area (Å²) in [5, 5.41) is 22.4. The fourth-order valence-electron chi connectivity index (χ4n) is 2.72. The van der Waals surface area contributed by atoms with Gasteiger partial charge in [0.1, 0.15) is 11.4 Å². The summed E-state index contributed by atoms with van der Waals surface area (Å²) < 4.78 is 0. The second kappa shape index (κ2) is 11.2. The van der Waals surface area contributed by atoms with Gasteiger partial charge in [-0.2, -0.15) is 15.3 Å². The molecular formula is C22H25N9S2. The van der Waals surface area contributed by atoms with Crippen LogP contribution in [0.1, 0.15) is 36.6 Å². The predicted molar refractivity (Wildman–Crippen MR) is 142 cm³/mol. The van der Waals surface area contributed by atoms with Crippen LogP contribution in [0.15, 0.2) is 58.7 Å². The van der Waals surface area contributed by atoms with E-state index in [1.54, 1.807) is 13.8 Å². The smallest absolute Gasteiger partial charge is 0.197 e. The molecule has 11 heteroatoms. The van der Waals surface area contributed by atoms with Gasteiger partial charge < -0.3 is 10.6 Å². The predicted octanol–water partition coefficient (Wildman–Crippen LogP) is 3.84. The molecule has 33 heavy (non-hydrogen) atoms. The molecule has 1 aromatic heterocycles. The lowest BCUT2D eigenvalue weighted by Crippen LogP contribution is -2.25. The van der Waals surface area contributed by atoms with Crippen LogP contribution in [-0.2, 0) is 0 Å². The van der Waals surface area contributed by atoms with Gasteiger partial charge in [0, 0.05) is 11.4 Å². The standard InChI is InChI=1S/C22H25N9S2/c1-13-7-5-9-17(11-13)23-21(32)30-26-15(3)19-25-20(29-28-19)16(4)27-31-22(33)24-18-10-6-8-14(2)12-18/h5-12H,1-4H3,(H2,23,30,32)(H2,24,31,33)(H,25,28,29)/b26-15+,27-16+. The van der Waals surface area contributed by atoms with Gasteiger partial charge in [0.15, 0.2) is 21.9 Å². The Bertz CT molecular complexity index is 1120. The van der Waals surface area contributed by atoms with Gasteiger partial charge in [0.25, 0.3) is 0 Å². The van der Waals surface area contributed by atoms with Crippen molar-refractivity contribution in [3.05, 3.63) is 71.3 Å². The molecule has 3 aromatic rings. The van der Waals surface area contributed by atoms with Gasteiger partial charge in [-0.3, -0.25) is 16.0 Å². The number of thiocarbonyl (C=S) groups is 2. The lowest BCUT2D eigenvalue weighted by Gasteiger charge is -2.08. The summed E-state index contributed by atoms with van der Waals surface area (Å²) in [7, 11) is 0. The van der Waals surface area contributed by atoms with Crippen LogP contribution >= 0.6 is 24.4 Å². The molecule has 0 fully saturated rings. The second-order valence-electron chi connectivity index (χ2n) is 7.27. The summed E-state index contributed by atoms with van der Waals surface area (Å²) in [6, 6.07) is 15.8. The number of nitrogens with one attached hydrogen (secondary N) is 5. The number of aromatic amines is 1. The normalized spacial score (nSPS) is 11.6. The number of aryl methyl sites for hydroxylation is 2. The van der Waals surface area contributed by atoms with Crippen LogP contribution in [-0.4, -0.2) is 36.8 Å². The molecule has 9 nitrogen and oxygen atoms in total. The number of hydrogen-bond acceptors (Lipinski definition) is 6. The van der Waals surface area contributed by atoms with E-state index in [9.17, 15) is 0 Å². The number of hydrazone groups is 2. The summed E-state index contributed by atoms with van der Waals surface area (Å²) in [5.74, 6) is 0.914. The number of benzene rings is 2. The van der Waals surface area contributed by atoms with Crippen molar-refractivity contribution in [3.8, 4) is 0 Å². The lowest BCUT2D eigenvalue weighted by atomic mass is 10.2. The first-order chi connectivity index (χ1) is 15.8. The molecule has 5 N–H and O–H groups in total. The van der Waals surface area contributed by atoms with E-state index in [2.05, 4.69) is 46.9 Å². The van der Waals surface area contributed by atoms with Crippen LogP contribution in [0, 0.1) is 13.8 Å². The highest BCUT2D eigenvalue weighted by molar-refractivity contribution is 7.80. The van der Waals surface area contributed by atoms with Crippen molar-refractivity contribution in [2.45, 2.75) is 27.7 Å². The van der Waals surface area contributed by atoms with Crippen molar-refractivity contribution in [3.63, 3.8) is 0 Å². The maximum absolute atomic E-state index is 5.29. The largest absolute Gasteiger partial charge is 0.331 e. The third-order valence-corrected chi connectivity index (χ3v) is 4.74. The van der Waals surface area contributed by atoms with E-state index < -0.39 is 0 Å². The number of aromatic nitrogens is 3. The Morgan fingerprint density at radius 1 is 0.818 bits per heavy atom. The van der Waals surface area contributed by atoms with E-state index in [0.717, 1.165) is 22.5 Å². The molecule has 0 saturated carbocycles. The number of rotatable bonds is 6. The molecule has 2 aromatic carbocycles. The van der Waals surface area contributed by atoms with E-state index in [-0.39, 0.29) is 0 Å². The minimum absolute atomic E-state index is 0.368. The molecule has 0 bridgehead atoms. The lowest BCUT2D eigenvalue weighted by molar-refractivity contribution is 1.01. The van der Waals surface area contributed by atoms with Crippen molar-refractivity contribution in [2.24, 2.45) is 10.2 Å². The fraction of sp³-hybridized carbons (Fsp3) is 0.182. The summed E-state index contributed by atoms with van der Waals surface area (Å²) in [6.07, 6.45) is 0. The first-order valence-electron chi connectivity index (χ1n) is 10.1. The van der Waals surface area contributed by atoms with E-state index in [0.29, 0.717) is 33.3 Å². The first kappa shape index (κ1) is 24.0. The Balaban J connectivity index is 1.54. The summed E-state index contributed by atoms with van der Waals surface area (Å²) >= 11 is 10.6. The molecule has 0 aliphatic carbocycles. The zero-order chi connectivity index (χ0) is 23.8. The maximum Gasteiger partial charge on any atom is 0.197 e. The average Bonchev–Trinajstić information content (AvgIpc) is 3.26. The number of H-pyrrole nitrogens is 1. The van der Waals surface area contributed by atoms with E-state index >= 15 is 0 Å². The number of anilines is 2. The second-order valence-corrected chi connectivity index (χ2v) is 8.09. The zero-order valence-corrected chi connectivity index (χ0v) is 20.4. The van der Waals surface area contributed by atoms with Crippen LogP contribution in [0.5, 0.6) is 0 Å². The average molecular weight is 480 g/mol. The van der Waals surface area contributed by atoms with Crippen molar-refractivity contribution >= 4 is 57.5 Å². The SMILES string of the molecule is C/C(=N\NC(=S)Nc1cccc(C)c1)c1n[nH]c(/C(C)=N/NC(=S)Nc2cccc(C)c2)n1. The van der Waals surface area contributed by atoms with Crippen molar-refractivity contribution in [1.29, 1.82) is 0 Å². The van der Waals surface area contributed by atoms with Gasteiger partial charge in [-0.25, -0.2) is 4.98 Å². The minimum Gasteiger partial charge on any atom is -0.331 e. The Kier molecular flexibility index (Phi) is 8.17. The third kappa shape index (κ3) is 7.44. The molecule has 170 valence electrons. The maximum atomic E-state index is 5.29. The highest BCUT2D eigenvalue weighted by Crippen LogP contribution is 2.10. The molecule has 3 rings (SSSR count). The Morgan fingerprint density at radius 2 is 1.33 bits per heavy atom. The van der Waals surface area contributed by atoms with Gasteiger partial charge in [0.2, 0.25) is 0 Å². The summed E-state index contributed by atoms with van der Waals surface area (Å²) in [4.78, 5) is 4.42. The van der Waals surface area contributed by atoms with Crippen LogP contribution in [0.25, 0.3) is 0 Å². The molecular weight excluding hydrogens is 454 g/mol. The van der Waals surface area contributed by atoms with Crippen LogP contribution in [0.3, 0.4) is 0 Å².